The Morgan fingerprint density at radius 2 is 1.38 bits per heavy atom. The third-order valence-electron chi connectivity index (χ3n) is 4.75. The Balaban J connectivity index is 1.57. The van der Waals surface area contributed by atoms with Crippen LogP contribution in [-0.4, -0.2) is 0 Å². The van der Waals surface area contributed by atoms with Crippen LogP contribution in [0, 0.1) is 0 Å². The molecule has 0 N–H and O–H groups in total. The minimum atomic E-state index is -0.203. The minimum absolute atomic E-state index is 0.203. The maximum absolute atomic E-state index is 11.9. The van der Waals surface area contributed by atoms with Crippen molar-refractivity contribution in [2.24, 2.45) is 0 Å². The van der Waals surface area contributed by atoms with E-state index in [1.165, 1.54) is 64.2 Å². The van der Waals surface area contributed by atoms with Crippen molar-refractivity contribution in [2.75, 3.05) is 0 Å². The Kier molecular flexibility index (Phi) is 8.65. The molecule has 0 unspecified atom stereocenters. The molecule has 0 bridgehead atoms. The van der Waals surface area contributed by atoms with Gasteiger partial charge in [0.05, 0.1) is 5.39 Å². The lowest BCUT2D eigenvalue weighted by molar-refractivity contribution is 0.454. The molecule has 0 atom stereocenters. The summed E-state index contributed by atoms with van der Waals surface area (Å²) in [6, 6.07) is 9.67. The lowest BCUT2D eigenvalue weighted by Gasteiger charge is -2.04. The fourth-order valence-electron chi connectivity index (χ4n) is 3.27. The molecule has 2 rings (SSSR count). The second kappa shape index (κ2) is 11.1. The Hall–Kier alpha value is -1.57. The summed E-state index contributed by atoms with van der Waals surface area (Å²) in [5.41, 5.74) is -0.203. The second-order valence-corrected chi connectivity index (χ2v) is 6.87. The lowest BCUT2D eigenvalue weighted by atomic mass is 10.0. The van der Waals surface area contributed by atoms with Gasteiger partial charge in [-0.2, -0.15) is 0 Å². The van der Waals surface area contributed by atoms with E-state index in [4.69, 9.17) is 4.42 Å². The molecule has 0 spiro atoms. The Morgan fingerprint density at radius 1 is 0.792 bits per heavy atom. The van der Waals surface area contributed by atoms with Crippen molar-refractivity contribution in [1.82, 2.24) is 0 Å². The number of aryl methyl sites for hydroxylation is 1. The van der Waals surface area contributed by atoms with Crippen LogP contribution in [0.25, 0.3) is 10.8 Å². The van der Waals surface area contributed by atoms with Crippen LogP contribution in [0.15, 0.2) is 39.5 Å². The summed E-state index contributed by atoms with van der Waals surface area (Å²) in [4.78, 5) is 11.9. The fraction of sp³-hybridized carbons (Fsp3) is 0.591. The van der Waals surface area contributed by atoms with Gasteiger partial charge in [0.25, 0.3) is 0 Å². The Bertz CT molecular complexity index is 642. The molecule has 0 aliphatic heterocycles. The van der Waals surface area contributed by atoms with Crippen molar-refractivity contribution < 1.29 is 4.42 Å². The van der Waals surface area contributed by atoms with Crippen LogP contribution in [0.3, 0.4) is 0 Å². The van der Waals surface area contributed by atoms with Gasteiger partial charge >= 0.3 is 5.63 Å². The number of hydrogen-bond acceptors (Lipinski definition) is 2. The standard InChI is InChI=1S/C22H32O2/c1-2-3-4-5-6-7-8-9-10-11-12-16-20-18-19-15-13-14-17-21(19)22(23)24-20/h13-15,17-18H,2-12,16H2,1H3. The molecule has 1 aromatic heterocycles. The smallest absolute Gasteiger partial charge is 0.343 e. The topological polar surface area (TPSA) is 30.2 Å². The summed E-state index contributed by atoms with van der Waals surface area (Å²) in [5, 5.41) is 1.67. The van der Waals surface area contributed by atoms with E-state index in [2.05, 4.69) is 6.92 Å². The number of hydrogen-bond donors (Lipinski definition) is 0. The van der Waals surface area contributed by atoms with Crippen LogP contribution in [-0.2, 0) is 6.42 Å². The zero-order valence-electron chi connectivity index (χ0n) is 15.2. The fourth-order valence-corrected chi connectivity index (χ4v) is 3.27. The van der Waals surface area contributed by atoms with E-state index >= 15 is 0 Å². The number of benzene rings is 1. The van der Waals surface area contributed by atoms with Crippen LogP contribution < -0.4 is 5.63 Å². The summed E-state index contributed by atoms with van der Waals surface area (Å²) in [7, 11) is 0. The van der Waals surface area contributed by atoms with Crippen molar-refractivity contribution in [1.29, 1.82) is 0 Å². The highest BCUT2D eigenvalue weighted by Gasteiger charge is 2.03. The van der Waals surface area contributed by atoms with Gasteiger partial charge in [-0.3, -0.25) is 0 Å². The largest absolute Gasteiger partial charge is 0.427 e. The van der Waals surface area contributed by atoms with Gasteiger partial charge in [0.2, 0.25) is 0 Å². The highest BCUT2D eigenvalue weighted by molar-refractivity contribution is 5.81. The maximum atomic E-state index is 11.9. The van der Waals surface area contributed by atoms with E-state index in [1.807, 2.05) is 30.3 Å². The van der Waals surface area contributed by atoms with Crippen molar-refractivity contribution in [3.63, 3.8) is 0 Å². The van der Waals surface area contributed by atoms with E-state index in [1.54, 1.807) is 0 Å². The average Bonchev–Trinajstić information content (AvgIpc) is 2.60. The molecule has 0 aliphatic rings. The van der Waals surface area contributed by atoms with Crippen molar-refractivity contribution in [2.45, 2.75) is 84.0 Å². The van der Waals surface area contributed by atoms with E-state index < -0.39 is 0 Å². The third-order valence-corrected chi connectivity index (χ3v) is 4.75. The first-order valence-corrected chi connectivity index (χ1v) is 9.83. The first-order chi connectivity index (χ1) is 11.8. The lowest BCUT2D eigenvalue weighted by Crippen LogP contribution is -2.02. The summed E-state index contributed by atoms with van der Waals surface area (Å²) in [6.07, 6.45) is 15.6. The van der Waals surface area contributed by atoms with E-state index in [-0.39, 0.29) is 5.63 Å². The molecule has 0 saturated carbocycles. The summed E-state index contributed by atoms with van der Waals surface area (Å²) in [6.45, 7) is 2.27. The highest BCUT2D eigenvalue weighted by atomic mass is 16.4. The van der Waals surface area contributed by atoms with Gasteiger partial charge in [-0.1, -0.05) is 89.3 Å². The number of unbranched alkanes of at least 4 members (excludes halogenated alkanes) is 10. The summed E-state index contributed by atoms with van der Waals surface area (Å²) in [5.74, 6) is 0.828. The molecule has 0 fully saturated rings. The maximum Gasteiger partial charge on any atom is 0.343 e. The van der Waals surface area contributed by atoms with Crippen molar-refractivity contribution in [3.8, 4) is 0 Å². The molecule has 1 heterocycles. The van der Waals surface area contributed by atoms with Gasteiger partial charge in [0.15, 0.2) is 0 Å². The van der Waals surface area contributed by atoms with Crippen LogP contribution in [0.1, 0.15) is 83.3 Å². The minimum Gasteiger partial charge on any atom is -0.427 e. The van der Waals surface area contributed by atoms with E-state index in [9.17, 15) is 4.79 Å². The predicted molar refractivity (Wildman–Crippen MR) is 103 cm³/mol. The number of fused-ring (bicyclic) bond motifs is 1. The van der Waals surface area contributed by atoms with Crippen LogP contribution in [0.5, 0.6) is 0 Å². The third kappa shape index (κ3) is 6.51. The zero-order chi connectivity index (χ0) is 17.0. The monoisotopic (exact) mass is 328 g/mol. The highest BCUT2D eigenvalue weighted by Crippen LogP contribution is 2.15. The van der Waals surface area contributed by atoms with Gasteiger partial charge in [-0.05, 0) is 23.9 Å². The van der Waals surface area contributed by atoms with Gasteiger partial charge in [0, 0.05) is 6.42 Å². The molecular weight excluding hydrogens is 296 g/mol. The van der Waals surface area contributed by atoms with Gasteiger partial charge in [0.1, 0.15) is 5.76 Å². The Morgan fingerprint density at radius 3 is 2.04 bits per heavy atom. The van der Waals surface area contributed by atoms with E-state index in [0.29, 0.717) is 5.39 Å². The summed E-state index contributed by atoms with van der Waals surface area (Å²) < 4.78 is 5.43. The predicted octanol–water partition coefficient (Wildman–Crippen LogP) is 6.65. The van der Waals surface area contributed by atoms with Crippen molar-refractivity contribution >= 4 is 10.8 Å². The van der Waals surface area contributed by atoms with Crippen LogP contribution in [0.4, 0.5) is 0 Å². The number of rotatable bonds is 12. The summed E-state index contributed by atoms with van der Waals surface area (Å²) >= 11 is 0. The SMILES string of the molecule is CCCCCCCCCCCCCc1cc2ccccc2c(=O)o1. The quantitative estimate of drug-likeness (QED) is 0.408. The molecule has 2 aromatic rings. The average molecular weight is 328 g/mol. The van der Waals surface area contributed by atoms with Crippen LogP contribution >= 0.6 is 0 Å². The molecule has 0 radical (unpaired) electrons. The second-order valence-electron chi connectivity index (χ2n) is 6.87. The van der Waals surface area contributed by atoms with Crippen molar-refractivity contribution in [3.05, 3.63) is 46.5 Å². The molecule has 1 aromatic carbocycles. The Labute approximate surface area is 146 Å². The molecule has 24 heavy (non-hydrogen) atoms. The molecule has 0 aliphatic carbocycles. The van der Waals surface area contributed by atoms with Gasteiger partial charge in [-0.25, -0.2) is 4.79 Å². The molecule has 0 amide bonds. The zero-order valence-corrected chi connectivity index (χ0v) is 15.2. The molecule has 132 valence electrons. The van der Waals surface area contributed by atoms with Gasteiger partial charge < -0.3 is 4.42 Å². The van der Waals surface area contributed by atoms with E-state index in [0.717, 1.165) is 24.0 Å². The van der Waals surface area contributed by atoms with Crippen LogP contribution in [0.2, 0.25) is 0 Å². The normalized spacial score (nSPS) is 11.2. The van der Waals surface area contributed by atoms with Gasteiger partial charge in [-0.15, -0.1) is 0 Å². The first kappa shape index (κ1) is 18.8. The molecule has 0 saturated heterocycles. The first-order valence-electron chi connectivity index (χ1n) is 9.83. The molecular formula is C22H32O2. The molecule has 2 nitrogen and oxygen atoms in total. The molecule has 2 heteroatoms.